The zero-order valence-electron chi connectivity index (χ0n) is 29.7. The third kappa shape index (κ3) is 57.2. The molecule has 0 saturated carbocycles. The van der Waals surface area contributed by atoms with E-state index >= 15 is 0 Å². The van der Waals surface area contributed by atoms with E-state index in [4.69, 9.17) is 10.2 Å². The molecule has 0 amide bonds. The molecule has 0 atom stereocenters. The van der Waals surface area contributed by atoms with Crippen LogP contribution in [0.25, 0.3) is 0 Å². The van der Waals surface area contributed by atoms with Crippen LogP contribution in [0.4, 0.5) is 0 Å². The van der Waals surface area contributed by atoms with E-state index in [1.54, 1.807) is 14.2 Å². The summed E-state index contributed by atoms with van der Waals surface area (Å²) in [4.78, 5) is 20.7. The number of rotatable bonds is 32. The van der Waals surface area contributed by atoms with Crippen LogP contribution >= 0.6 is 0 Å². The minimum absolute atomic E-state index is 0.345. The quantitative estimate of drug-likeness (QED) is 0.0736. The second-order valence-corrected chi connectivity index (χ2v) is 12.6. The maximum atomic E-state index is 10.3. The summed E-state index contributed by atoms with van der Waals surface area (Å²) >= 11 is 0. The average Bonchev–Trinajstić information content (AvgIpc) is 2.97. The van der Waals surface area contributed by atoms with Crippen LogP contribution in [0.2, 0.25) is 0 Å². The molecule has 43 heavy (non-hydrogen) atoms. The fourth-order valence-electron chi connectivity index (χ4n) is 5.30. The highest BCUT2D eigenvalue weighted by Gasteiger charge is 1.98. The zero-order valence-corrected chi connectivity index (χ0v) is 29.7. The van der Waals surface area contributed by atoms with Crippen LogP contribution in [0.5, 0.6) is 0 Å². The van der Waals surface area contributed by atoms with Gasteiger partial charge in [-0.3, -0.25) is 9.59 Å². The Morgan fingerprint density at radius 2 is 0.488 bits per heavy atom. The molecule has 0 saturated heterocycles. The largest absolute Gasteiger partial charge is 0.481 e. The molecule has 0 spiro atoms. The summed E-state index contributed by atoms with van der Waals surface area (Å²) in [7, 11) is 3.25. The predicted octanol–water partition coefficient (Wildman–Crippen LogP) is 12.9. The summed E-state index contributed by atoms with van der Waals surface area (Å²) in [5, 5.41) is 17.0. The lowest BCUT2D eigenvalue weighted by Gasteiger charge is -2.03. The molecule has 0 aromatic carbocycles. The summed E-state index contributed by atoms with van der Waals surface area (Å²) in [6.07, 6.45) is 40.4. The second-order valence-electron chi connectivity index (χ2n) is 12.6. The van der Waals surface area contributed by atoms with Crippen LogP contribution in [0.3, 0.4) is 0 Å². The normalized spacial score (nSPS) is 10.5. The number of carboxylic acid groups (broad SMARTS) is 2. The van der Waals surface area contributed by atoms with Crippen molar-refractivity contribution >= 4 is 11.9 Å². The van der Waals surface area contributed by atoms with E-state index in [9.17, 15) is 9.59 Å². The van der Waals surface area contributed by atoms with Crippen molar-refractivity contribution in [3.05, 3.63) is 0 Å². The Morgan fingerprint density at radius 3 is 0.628 bits per heavy atom. The lowest BCUT2D eigenvalue weighted by molar-refractivity contribution is -0.138. The summed E-state index contributed by atoms with van der Waals surface area (Å²) in [6.45, 7) is 4.54. The number of carbonyl (C=O) groups is 2. The molecule has 0 aliphatic heterocycles. The summed E-state index contributed by atoms with van der Waals surface area (Å²) in [5.74, 6) is -1.31. The van der Waals surface area contributed by atoms with Crippen LogP contribution in [-0.4, -0.2) is 36.4 Å². The van der Waals surface area contributed by atoms with Crippen molar-refractivity contribution in [2.45, 2.75) is 219 Å². The molecule has 0 unspecified atom stereocenters. The van der Waals surface area contributed by atoms with Gasteiger partial charge in [-0.05, 0) is 12.8 Å². The number of hydrogen-bond donors (Lipinski definition) is 2. The Kier molecular flexibility index (Phi) is 48.8. The SMILES string of the molecule is CCCCCCCCCCCCCCCCCC(=O)O.CCCCCCCCCCCCCCCCCC(=O)O.COC. The first-order valence-corrected chi connectivity index (χ1v) is 18.8. The molecule has 5 nitrogen and oxygen atoms in total. The molecule has 0 aliphatic rings. The number of ether oxygens (including phenoxy) is 1. The number of methoxy groups -OCH3 is 1. The van der Waals surface area contributed by atoms with Crippen molar-refractivity contribution in [1.29, 1.82) is 0 Å². The Bertz CT molecular complexity index is 465. The Labute approximate surface area is 269 Å². The molecule has 0 radical (unpaired) electrons. The third-order valence-corrected chi connectivity index (χ3v) is 7.99. The van der Waals surface area contributed by atoms with Gasteiger partial charge in [0.25, 0.3) is 0 Å². The molecular weight excluding hydrogens is 536 g/mol. The smallest absolute Gasteiger partial charge is 0.303 e. The number of carboxylic acids is 2. The summed E-state index contributed by atoms with van der Waals surface area (Å²) in [6, 6.07) is 0. The molecule has 0 fully saturated rings. The first-order chi connectivity index (χ1) is 21.0. The maximum absolute atomic E-state index is 10.3. The van der Waals surface area contributed by atoms with Crippen molar-refractivity contribution in [3.63, 3.8) is 0 Å². The summed E-state index contributed by atoms with van der Waals surface area (Å²) < 4.78 is 4.25. The van der Waals surface area contributed by atoms with Gasteiger partial charge in [-0.15, -0.1) is 0 Å². The van der Waals surface area contributed by atoms with Crippen molar-refractivity contribution in [1.82, 2.24) is 0 Å². The number of aliphatic carboxylic acids is 2. The lowest BCUT2D eigenvalue weighted by Crippen LogP contribution is -1.93. The van der Waals surface area contributed by atoms with E-state index in [0.29, 0.717) is 12.8 Å². The van der Waals surface area contributed by atoms with Gasteiger partial charge in [-0.2, -0.15) is 0 Å². The van der Waals surface area contributed by atoms with Crippen LogP contribution in [0, 0.1) is 0 Å². The van der Waals surface area contributed by atoms with Crippen molar-refractivity contribution in [2.24, 2.45) is 0 Å². The van der Waals surface area contributed by atoms with Gasteiger partial charge in [-0.1, -0.05) is 194 Å². The van der Waals surface area contributed by atoms with Crippen LogP contribution in [0.15, 0.2) is 0 Å². The highest BCUT2D eigenvalue weighted by molar-refractivity contribution is 5.66. The van der Waals surface area contributed by atoms with E-state index in [-0.39, 0.29) is 0 Å². The van der Waals surface area contributed by atoms with E-state index in [1.807, 2.05) is 0 Å². The van der Waals surface area contributed by atoms with Gasteiger partial charge in [0.05, 0.1) is 0 Å². The molecule has 2 N–H and O–H groups in total. The van der Waals surface area contributed by atoms with Gasteiger partial charge in [-0.25, -0.2) is 0 Å². The molecular formula is C38H78O5. The van der Waals surface area contributed by atoms with E-state index in [2.05, 4.69) is 18.6 Å². The van der Waals surface area contributed by atoms with Gasteiger partial charge in [0.1, 0.15) is 0 Å². The molecule has 5 heteroatoms. The Morgan fingerprint density at radius 1 is 0.349 bits per heavy atom. The minimum atomic E-state index is -0.653. The minimum Gasteiger partial charge on any atom is -0.481 e. The molecule has 0 aromatic rings. The molecule has 0 aromatic heterocycles. The Balaban J connectivity index is -0.000000681. The number of hydrogen-bond acceptors (Lipinski definition) is 3. The van der Waals surface area contributed by atoms with Gasteiger partial charge in [0.15, 0.2) is 0 Å². The van der Waals surface area contributed by atoms with Gasteiger partial charge >= 0.3 is 11.9 Å². The van der Waals surface area contributed by atoms with Crippen molar-refractivity contribution in [3.8, 4) is 0 Å². The average molecular weight is 615 g/mol. The Hall–Kier alpha value is -1.10. The maximum Gasteiger partial charge on any atom is 0.303 e. The third-order valence-electron chi connectivity index (χ3n) is 7.99. The highest BCUT2D eigenvalue weighted by atomic mass is 16.4. The molecule has 0 rings (SSSR count). The lowest BCUT2D eigenvalue weighted by atomic mass is 10.0. The molecule has 0 heterocycles. The summed E-state index contributed by atoms with van der Waals surface area (Å²) in [5.41, 5.74) is 0. The van der Waals surface area contributed by atoms with Crippen LogP contribution < -0.4 is 0 Å². The second kappa shape index (κ2) is 45.3. The van der Waals surface area contributed by atoms with Crippen LogP contribution in [-0.2, 0) is 14.3 Å². The first kappa shape index (κ1) is 46.3. The van der Waals surface area contributed by atoms with Gasteiger partial charge in [0, 0.05) is 27.1 Å². The zero-order chi connectivity index (χ0) is 32.5. The van der Waals surface area contributed by atoms with Crippen molar-refractivity contribution < 1.29 is 24.5 Å². The first-order valence-electron chi connectivity index (χ1n) is 18.8. The van der Waals surface area contributed by atoms with Gasteiger partial charge < -0.3 is 14.9 Å². The standard InChI is InChI=1S/2C18H36O2.C2H6O/c2*1-2-3-4-5-6-7-8-9-10-11-12-13-14-15-16-17-18(19)20;1-3-2/h2*2-17H2,1H3,(H,19,20);1-2H3. The van der Waals surface area contributed by atoms with E-state index in [0.717, 1.165) is 25.7 Å². The van der Waals surface area contributed by atoms with E-state index < -0.39 is 11.9 Å². The number of unbranched alkanes of at least 4 members (excludes halogenated alkanes) is 28. The van der Waals surface area contributed by atoms with Crippen molar-refractivity contribution in [2.75, 3.05) is 14.2 Å². The fourth-order valence-corrected chi connectivity index (χ4v) is 5.30. The predicted molar refractivity (Wildman–Crippen MR) is 187 cm³/mol. The fraction of sp³-hybridized carbons (Fsp3) is 0.947. The highest BCUT2D eigenvalue weighted by Crippen LogP contribution is 2.15. The van der Waals surface area contributed by atoms with Gasteiger partial charge in [0.2, 0.25) is 0 Å². The molecule has 0 aliphatic carbocycles. The van der Waals surface area contributed by atoms with Crippen LogP contribution in [0.1, 0.15) is 219 Å². The molecule has 260 valence electrons. The van der Waals surface area contributed by atoms with E-state index in [1.165, 1.54) is 167 Å². The molecule has 0 bridgehead atoms. The topological polar surface area (TPSA) is 83.8 Å². The monoisotopic (exact) mass is 615 g/mol.